The van der Waals surface area contributed by atoms with E-state index in [1.54, 1.807) is 0 Å². The molecule has 0 radical (unpaired) electrons. The van der Waals surface area contributed by atoms with Crippen molar-refractivity contribution in [1.82, 2.24) is 0 Å². The van der Waals surface area contributed by atoms with Crippen LogP contribution in [0.1, 0.15) is 10.4 Å². The molecule has 1 aromatic rings. The van der Waals surface area contributed by atoms with Crippen molar-refractivity contribution in [3.8, 4) is 11.5 Å². The highest BCUT2D eigenvalue weighted by Gasteiger charge is 2.07. The van der Waals surface area contributed by atoms with Crippen LogP contribution >= 0.6 is 0 Å². The van der Waals surface area contributed by atoms with Crippen LogP contribution in [0.5, 0.6) is 11.5 Å². The summed E-state index contributed by atoms with van der Waals surface area (Å²) in [6.45, 7) is 0.148. The molecule has 0 atom stereocenters. The first-order valence-corrected chi connectivity index (χ1v) is 3.31. The lowest BCUT2D eigenvalue weighted by Gasteiger charge is -2.01. The molecule has 0 heterocycles. The number of phenolic OH excluding ortho intramolecular Hbond substituents is 1. The molecule has 0 amide bonds. The van der Waals surface area contributed by atoms with Gasteiger partial charge in [-0.3, -0.25) is 4.79 Å². The van der Waals surface area contributed by atoms with Gasteiger partial charge in [-0.15, -0.1) is 0 Å². The maximum Gasteiger partial charge on any atom is 0.335 e. The maximum atomic E-state index is 10.4. The van der Waals surface area contributed by atoms with Crippen molar-refractivity contribution < 1.29 is 24.5 Å². The van der Waals surface area contributed by atoms with Gasteiger partial charge in [0.1, 0.15) is 0 Å². The zero-order valence-electron chi connectivity index (χ0n) is 6.43. The van der Waals surface area contributed by atoms with Crippen LogP contribution in [0.4, 0.5) is 0 Å². The second-order valence-corrected chi connectivity index (χ2v) is 2.20. The lowest BCUT2D eigenvalue weighted by Crippen LogP contribution is -1.96. The first-order valence-electron chi connectivity index (χ1n) is 3.31. The highest BCUT2D eigenvalue weighted by atomic mass is 16.5. The van der Waals surface area contributed by atoms with Gasteiger partial charge in [0.2, 0.25) is 0 Å². The van der Waals surface area contributed by atoms with E-state index < -0.39 is 5.97 Å². The Kier molecular flexibility index (Phi) is 2.49. The first-order chi connectivity index (χ1) is 6.15. The fourth-order valence-corrected chi connectivity index (χ4v) is 0.802. The molecule has 0 aliphatic carbocycles. The van der Waals surface area contributed by atoms with Gasteiger partial charge in [-0.2, -0.15) is 0 Å². The summed E-state index contributed by atoms with van der Waals surface area (Å²) in [5.41, 5.74) is -0.0734. The molecule has 5 heteroatoms. The summed E-state index contributed by atoms with van der Waals surface area (Å²) in [7, 11) is 0. The van der Waals surface area contributed by atoms with Gasteiger partial charge >= 0.3 is 5.97 Å². The van der Waals surface area contributed by atoms with Crippen molar-refractivity contribution in [1.29, 1.82) is 0 Å². The molecule has 0 spiro atoms. The van der Waals surface area contributed by atoms with Crippen LogP contribution in [0.25, 0.3) is 0 Å². The van der Waals surface area contributed by atoms with E-state index in [1.165, 1.54) is 12.1 Å². The third-order valence-corrected chi connectivity index (χ3v) is 1.38. The Hall–Kier alpha value is -2.04. The maximum absolute atomic E-state index is 10.4. The summed E-state index contributed by atoms with van der Waals surface area (Å²) >= 11 is 0. The van der Waals surface area contributed by atoms with Crippen LogP contribution < -0.4 is 4.74 Å². The van der Waals surface area contributed by atoms with Crippen LogP contribution in [0.15, 0.2) is 18.2 Å². The lowest BCUT2D eigenvalue weighted by molar-refractivity contribution is -0.120. The average Bonchev–Trinajstić information content (AvgIpc) is 2.08. The van der Waals surface area contributed by atoms with E-state index in [0.717, 1.165) is 6.07 Å². The normalized spacial score (nSPS) is 9.23. The molecule has 1 aromatic carbocycles. The van der Waals surface area contributed by atoms with Crippen molar-refractivity contribution in [3.05, 3.63) is 23.8 Å². The topological polar surface area (TPSA) is 83.8 Å². The van der Waals surface area contributed by atoms with E-state index in [1.807, 2.05) is 0 Å². The molecule has 0 saturated carbocycles. The minimum absolute atomic E-state index is 0.0694. The molecule has 68 valence electrons. The molecule has 5 nitrogen and oxygen atoms in total. The van der Waals surface area contributed by atoms with Gasteiger partial charge in [0.05, 0.1) is 5.56 Å². The number of carbonyl (C=O) groups excluding carboxylic acids is 1. The third-order valence-electron chi connectivity index (χ3n) is 1.38. The monoisotopic (exact) mass is 182 g/mol. The molecule has 0 aliphatic rings. The number of carboxylic acids is 1. The quantitative estimate of drug-likeness (QED) is 0.669. The number of hydrogen-bond acceptors (Lipinski definition) is 4. The third kappa shape index (κ3) is 1.96. The molecule has 0 aliphatic heterocycles. The van der Waals surface area contributed by atoms with E-state index in [-0.39, 0.29) is 23.5 Å². The second-order valence-electron chi connectivity index (χ2n) is 2.20. The fraction of sp³-hybridized carbons (Fsp3) is 0. The Labute approximate surface area is 73.2 Å². The summed E-state index contributed by atoms with van der Waals surface area (Å²) in [6.07, 6.45) is 0. The van der Waals surface area contributed by atoms with Crippen molar-refractivity contribution in [2.24, 2.45) is 0 Å². The molecule has 13 heavy (non-hydrogen) atoms. The van der Waals surface area contributed by atoms with Crippen molar-refractivity contribution >= 4 is 12.4 Å². The zero-order valence-corrected chi connectivity index (χ0v) is 6.43. The summed E-state index contributed by atoms with van der Waals surface area (Å²) in [6, 6.07) is 3.43. The molecule has 0 bridgehead atoms. The summed E-state index contributed by atoms with van der Waals surface area (Å²) in [4.78, 5) is 20.3. The van der Waals surface area contributed by atoms with Crippen LogP contribution in [0.2, 0.25) is 0 Å². The van der Waals surface area contributed by atoms with Gasteiger partial charge in [-0.05, 0) is 18.2 Å². The predicted octanol–water partition coefficient (Wildman–Crippen LogP) is 0.626. The first kappa shape index (κ1) is 9.05. The van der Waals surface area contributed by atoms with Crippen LogP contribution in [0, 0.1) is 0 Å². The average molecular weight is 182 g/mol. The zero-order chi connectivity index (χ0) is 9.84. The van der Waals surface area contributed by atoms with E-state index in [0.29, 0.717) is 0 Å². The number of aromatic hydroxyl groups is 1. The molecule has 0 fully saturated rings. The Balaban J connectivity index is 3.04. The van der Waals surface area contributed by atoms with Gasteiger partial charge in [0, 0.05) is 0 Å². The lowest BCUT2D eigenvalue weighted by atomic mass is 10.2. The minimum atomic E-state index is -1.16. The summed E-state index contributed by atoms with van der Waals surface area (Å²) < 4.78 is 4.35. The number of phenols is 1. The van der Waals surface area contributed by atoms with E-state index >= 15 is 0 Å². The van der Waals surface area contributed by atoms with E-state index in [2.05, 4.69) is 4.74 Å². The number of ether oxygens (including phenoxy) is 1. The van der Waals surface area contributed by atoms with Gasteiger partial charge in [0.15, 0.2) is 11.5 Å². The molecule has 0 saturated heterocycles. The van der Waals surface area contributed by atoms with Gasteiger partial charge < -0.3 is 14.9 Å². The number of rotatable bonds is 3. The van der Waals surface area contributed by atoms with Crippen molar-refractivity contribution in [3.63, 3.8) is 0 Å². The number of aromatic carboxylic acids is 1. The van der Waals surface area contributed by atoms with Crippen molar-refractivity contribution in [2.75, 3.05) is 0 Å². The summed E-state index contributed by atoms with van der Waals surface area (Å²) in [5, 5.41) is 17.6. The van der Waals surface area contributed by atoms with E-state index in [4.69, 9.17) is 10.2 Å². The second kappa shape index (κ2) is 3.57. The molecule has 1 rings (SSSR count). The molecule has 2 N–H and O–H groups in total. The molecular formula is C8H6O5. The Bertz CT molecular complexity index is 344. The van der Waals surface area contributed by atoms with Crippen LogP contribution in [-0.4, -0.2) is 22.7 Å². The Morgan fingerprint density at radius 2 is 2.15 bits per heavy atom. The molecule has 0 unspecified atom stereocenters. The van der Waals surface area contributed by atoms with Crippen LogP contribution in [0.3, 0.4) is 0 Å². The van der Waals surface area contributed by atoms with Gasteiger partial charge in [0.25, 0.3) is 6.47 Å². The molecule has 0 aromatic heterocycles. The number of hydrogen-bond donors (Lipinski definition) is 2. The number of benzene rings is 1. The number of carboxylic acid groups (broad SMARTS) is 1. The number of carbonyl (C=O) groups is 2. The van der Waals surface area contributed by atoms with Crippen molar-refractivity contribution in [2.45, 2.75) is 0 Å². The van der Waals surface area contributed by atoms with Gasteiger partial charge in [-0.1, -0.05) is 0 Å². The summed E-state index contributed by atoms with van der Waals surface area (Å²) in [5.74, 6) is -1.61. The van der Waals surface area contributed by atoms with Crippen LogP contribution in [-0.2, 0) is 4.79 Å². The largest absolute Gasteiger partial charge is 0.504 e. The standard InChI is InChI=1S/C8H6O5/c9-4-13-7-2-1-5(8(11)12)3-6(7)10/h1-4,10H,(H,11,12). The minimum Gasteiger partial charge on any atom is -0.504 e. The Morgan fingerprint density at radius 1 is 1.46 bits per heavy atom. The smallest absolute Gasteiger partial charge is 0.335 e. The highest BCUT2D eigenvalue weighted by Crippen LogP contribution is 2.26. The Morgan fingerprint density at radius 3 is 2.62 bits per heavy atom. The van der Waals surface area contributed by atoms with Gasteiger partial charge in [-0.25, -0.2) is 4.79 Å². The predicted molar refractivity (Wildman–Crippen MR) is 41.8 cm³/mol. The highest BCUT2D eigenvalue weighted by molar-refractivity contribution is 5.88. The fourth-order valence-electron chi connectivity index (χ4n) is 0.802. The molecular weight excluding hydrogens is 176 g/mol. The van der Waals surface area contributed by atoms with E-state index in [9.17, 15) is 9.59 Å². The SMILES string of the molecule is O=COc1ccc(C(=O)O)cc1O.